The highest BCUT2D eigenvalue weighted by Gasteiger charge is 1.81. The largest absolute Gasteiger partial charge is 0.309 e. The summed E-state index contributed by atoms with van der Waals surface area (Å²) in [4.78, 5) is 2.11. The molecule has 0 saturated carbocycles. The van der Waals surface area contributed by atoms with Crippen LogP contribution in [-0.2, 0) is 0 Å². The van der Waals surface area contributed by atoms with Gasteiger partial charge < -0.3 is 4.90 Å². The Morgan fingerprint density at radius 2 is 2.14 bits per heavy atom. The van der Waals surface area contributed by atoms with E-state index in [-0.39, 0.29) is 0 Å². The summed E-state index contributed by atoms with van der Waals surface area (Å²) in [6.45, 7) is 4.54. The summed E-state index contributed by atoms with van der Waals surface area (Å²) < 4.78 is 0. The third-order valence-corrected chi connectivity index (χ3v) is 0.736. The lowest BCUT2D eigenvalue weighted by atomic mass is 10.4. The van der Waals surface area contributed by atoms with E-state index >= 15 is 0 Å². The van der Waals surface area contributed by atoms with E-state index in [0.29, 0.717) is 0 Å². The molecule has 7 heavy (non-hydrogen) atoms. The van der Waals surface area contributed by atoms with Gasteiger partial charge in [-0.05, 0) is 20.5 Å². The Bertz CT molecular complexity index is 48.1. The van der Waals surface area contributed by atoms with Gasteiger partial charge in [0.1, 0.15) is 0 Å². The van der Waals surface area contributed by atoms with Crippen molar-refractivity contribution in [3.8, 4) is 0 Å². The first-order valence-electron chi connectivity index (χ1n) is 2.42. The Kier molecular flexibility index (Phi) is 3.71. The van der Waals surface area contributed by atoms with Gasteiger partial charge in [0.2, 0.25) is 0 Å². The van der Waals surface area contributed by atoms with Crippen LogP contribution in [0.15, 0.2) is 6.58 Å². The van der Waals surface area contributed by atoms with Gasteiger partial charge in [0.05, 0.1) is 0 Å². The maximum Gasteiger partial charge on any atom is 0.00156 e. The first-order chi connectivity index (χ1) is 3.27. The average Bonchev–Trinajstić information content (AvgIpc) is 1.61. The summed E-state index contributed by atoms with van der Waals surface area (Å²) in [5, 5.41) is 0. The number of rotatable bonds is 3. The fourth-order valence-electron chi connectivity index (χ4n) is 0.303. The quantitative estimate of drug-likeness (QED) is 0.507. The summed E-state index contributed by atoms with van der Waals surface area (Å²) in [6.07, 6.45) is 3.77. The van der Waals surface area contributed by atoms with E-state index in [4.69, 9.17) is 0 Å². The minimum absolute atomic E-state index is 0.965. The third-order valence-electron chi connectivity index (χ3n) is 0.736. The monoisotopic (exact) mass is 98.1 g/mol. The molecule has 1 heteroatoms. The maximum atomic E-state index is 3.48. The second kappa shape index (κ2) is 3.88. The van der Waals surface area contributed by atoms with Crippen molar-refractivity contribution in [3.05, 3.63) is 12.7 Å². The first kappa shape index (κ1) is 6.70. The van der Waals surface area contributed by atoms with E-state index in [2.05, 4.69) is 17.6 Å². The lowest BCUT2D eigenvalue weighted by Gasteiger charge is -2.04. The van der Waals surface area contributed by atoms with Crippen molar-refractivity contribution in [2.75, 3.05) is 20.6 Å². The Hall–Kier alpha value is -0.300. The van der Waals surface area contributed by atoms with E-state index in [1.54, 1.807) is 0 Å². The van der Waals surface area contributed by atoms with Gasteiger partial charge in [-0.25, -0.2) is 0 Å². The van der Waals surface area contributed by atoms with Gasteiger partial charge in [0.15, 0.2) is 0 Å². The minimum Gasteiger partial charge on any atom is -0.309 e. The Balaban J connectivity index is 2.81. The predicted octanol–water partition coefficient (Wildman–Crippen LogP) is 0.927. The summed E-state index contributed by atoms with van der Waals surface area (Å²) >= 11 is 0. The van der Waals surface area contributed by atoms with Crippen molar-refractivity contribution in [2.45, 2.75) is 6.42 Å². The number of nitrogens with zero attached hydrogens (tertiary/aromatic N) is 1. The molecule has 1 radical (unpaired) electrons. The molecule has 0 aromatic carbocycles. The molecule has 0 aliphatic carbocycles. The van der Waals surface area contributed by atoms with Crippen LogP contribution in [0.4, 0.5) is 0 Å². The van der Waals surface area contributed by atoms with Gasteiger partial charge in [-0.1, -0.05) is 12.7 Å². The molecule has 0 fully saturated rings. The molecule has 0 aliphatic rings. The van der Waals surface area contributed by atoms with Crippen LogP contribution in [0, 0.1) is 6.08 Å². The van der Waals surface area contributed by atoms with Crippen LogP contribution in [0.2, 0.25) is 0 Å². The zero-order valence-corrected chi connectivity index (χ0v) is 5.07. The predicted molar refractivity (Wildman–Crippen MR) is 32.0 cm³/mol. The molecule has 0 aliphatic heterocycles. The average molecular weight is 98.2 g/mol. The molecule has 0 aromatic heterocycles. The summed E-state index contributed by atoms with van der Waals surface area (Å²) in [6, 6.07) is 0. The molecule has 0 spiro atoms. The van der Waals surface area contributed by atoms with E-state index in [1.807, 2.05) is 14.1 Å². The molecule has 41 valence electrons. The molecule has 0 unspecified atom stereocenters. The molecular formula is C6H12N. The van der Waals surface area contributed by atoms with Gasteiger partial charge in [0.25, 0.3) is 0 Å². The Labute approximate surface area is 45.6 Å². The second-order valence-corrected chi connectivity index (χ2v) is 1.80. The van der Waals surface area contributed by atoms with Crippen molar-refractivity contribution in [2.24, 2.45) is 0 Å². The molecular weight excluding hydrogens is 86.1 g/mol. The first-order valence-corrected chi connectivity index (χ1v) is 2.42. The van der Waals surface area contributed by atoms with Crippen LogP contribution >= 0.6 is 0 Å². The van der Waals surface area contributed by atoms with Crippen molar-refractivity contribution >= 4 is 0 Å². The van der Waals surface area contributed by atoms with Gasteiger partial charge in [-0.3, -0.25) is 0 Å². The van der Waals surface area contributed by atoms with Crippen molar-refractivity contribution in [1.82, 2.24) is 4.90 Å². The third kappa shape index (κ3) is 5.70. The fraction of sp³-hybridized carbons (Fsp3) is 0.667. The fourth-order valence-corrected chi connectivity index (χ4v) is 0.303. The van der Waals surface area contributed by atoms with Crippen LogP contribution in [0.5, 0.6) is 0 Å². The topological polar surface area (TPSA) is 3.24 Å². The summed E-state index contributed by atoms with van der Waals surface area (Å²) in [5.74, 6) is 0. The molecule has 0 amide bonds. The highest BCUT2D eigenvalue weighted by Crippen LogP contribution is 1.79. The van der Waals surface area contributed by atoms with E-state index in [1.165, 1.54) is 0 Å². The van der Waals surface area contributed by atoms with E-state index in [9.17, 15) is 0 Å². The van der Waals surface area contributed by atoms with Crippen LogP contribution in [0.1, 0.15) is 6.42 Å². The number of hydrogen-bond donors (Lipinski definition) is 0. The normalized spacial score (nSPS) is 9.57. The minimum atomic E-state index is 0.965. The van der Waals surface area contributed by atoms with Gasteiger partial charge in [-0.2, -0.15) is 0 Å². The molecule has 0 aromatic rings. The standard InChI is InChI=1S/C6H12N/c1-4-5-6-7(2)3/h1,5-6H2,2-3H3. The van der Waals surface area contributed by atoms with Gasteiger partial charge in [-0.15, -0.1) is 0 Å². The van der Waals surface area contributed by atoms with Crippen molar-refractivity contribution < 1.29 is 0 Å². The summed E-state index contributed by atoms with van der Waals surface area (Å²) in [5.41, 5.74) is 0. The molecule has 0 rings (SSSR count). The van der Waals surface area contributed by atoms with Crippen molar-refractivity contribution in [1.29, 1.82) is 0 Å². The molecule has 0 N–H and O–H groups in total. The molecule has 0 atom stereocenters. The lowest BCUT2D eigenvalue weighted by molar-refractivity contribution is 0.415. The van der Waals surface area contributed by atoms with Gasteiger partial charge >= 0.3 is 0 Å². The maximum absolute atomic E-state index is 3.48. The molecule has 0 heterocycles. The van der Waals surface area contributed by atoms with Crippen LogP contribution in [-0.4, -0.2) is 25.5 Å². The highest BCUT2D eigenvalue weighted by atomic mass is 15.0. The second-order valence-electron chi connectivity index (χ2n) is 1.80. The van der Waals surface area contributed by atoms with Crippen LogP contribution < -0.4 is 0 Å². The van der Waals surface area contributed by atoms with Crippen molar-refractivity contribution in [3.63, 3.8) is 0 Å². The molecule has 0 saturated heterocycles. The number of hydrogen-bond acceptors (Lipinski definition) is 1. The van der Waals surface area contributed by atoms with Gasteiger partial charge in [0, 0.05) is 6.54 Å². The zero-order chi connectivity index (χ0) is 5.70. The SMILES string of the molecule is C=[C]CCN(C)C. The van der Waals surface area contributed by atoms with Crippen LogP contribution in [0.25, 0.3) is 0 Å². The molecule has 0 bridgehead atoms. The van der Waals surface area contributed by atoms with E-state index in [0.717, 1.165) is 13.0 Å². The lowest BCUT2D eigenvalue weighted by Crippen LogP contribution is -2.11. The summed E-state index contributed by atoms with van der Waals surface area (Å²) in [7, 11) is 4.08. The Morgan fingerprint density at radius 1 is 1.57 bits per heavy atom. The van der Waals surface area contributed by atoms with E-state index < -0.39 is 0 Å². The smallest absolute Gasteiger partial charge is 0.00156 e. The highest BCUT2D eigenvalue weighted by molar-refractivity contribution is 4.56. The van der Waals surface area contributed by atoms with Crippen LogP contribution in [0.3, 0.4) is 0 Å². The zero-order valence-electron chi connectivity index (χ0n) is 5.07. The Morgan fingerprint density at radius 3 is 2.29 bits per heavy atom. The molecule has 1 nitrogen and oxygen atoms in total.